The number of hydrogen-bond donors (Lipinski definition) is 1. The lowest BCUT2D eigenvalue weighted by Crippen LogP contribution is -2.43. The Hall–Kier alpha value is 0.270. The Labute approximate surface area is 79.3 Å². The molecule has 1 fully saturated rings. The van der Waals surface area contributed by atoms with Crippen molar-refractivity contribution >= 4 is 11.8 Å². The second-order valence-corrected chi connectivity index (χ2v) is 5.71. The lowest BCUT2D eigenvalue weighted by Gasteiger charge is -2.35. The van der Waals surface area contributed by atoms with Gasteiger partial charge in [-0.15, -0.1) is 0 Å². The number of aliphatic hydroxyl groups excluding tert-OH is 1. The zero-order chi connectivity index (χ0) is 9.14. The van der Waals surface area contributed by atoms with Gasteiger partial charge in [0.2, 0.25) is 0 Å². The molecule has 1 aliphatic rings. The van der Waals surface area contributed by atoms with E-state index in [-0.39, 0.29) is 6.10 Å². The highest BCUT2D eigenvalue weighted by atomic mass is 32.2. The van der Waals surface area contributed by atoms with Crippen molar-refractivity contribution in [1.82, 2.24) is 4.90 Å². The summed E-state index contributed by atoms with van der Waals surface area (Å²) in [6.45, 7) is 9.46. The quantitative estimate of drug-likeness (QED) is 0.706. The molecule has 2 unspecified atom stereocenters. The molecule has 1 saturated heterocycles. The normalized spacial score (nSPS) is 35.0. The van der Waals surface area contributed by atoms with E-state index in [4.69, 9.17) is 0 Å². The average Bonchev–Trinajstić information content (AvgIpc) is 1.81. The predicted octanol–water partition coefficient (Wildman–Crippen LogP) is 1.19. The van der Waals surface area contributed by atoms with E-state index in [1.165, 1.54) is 0 Å². The molecule has 0 aromatic rings. The van der Waals surface area contributed by atoms with Crippen LogP contribution in [0.2, 0.25) is 0 Å². The fraction of sp³-hybridized carbons (Fsp3) is 1.00. The van der Waals surface area contributed by atoms with Crippen LogP contribution in [0, 0.1) is 0 Å². The van der Waals surface area contributed by atoms with Gasteiger partial charge in [-0.1, -0.05) is 13.8 Å². The zero-order valence-electron chi connectivity index (χ0n) is 8.16. The van der Waals surface area contributed by atoms with Crippen LogP contribution in [0.3, 0.4) is 0 Å². The highest BCUT2D eigenvalue weighted by molar-refractivity contribution is 8.00. The van der Waals surface area contributed by atoms with Crippen molar-refractivity contribution in [3.8, 4) is 0 Å². The highest BCUT2D eigenvalue weighted by Gasteiger charge is 2.22. The van der Waals surface area contributed by atoms with Crippen molar-refractivity contribution in [3.63, 3.8) is 0 Å². The van der Waals surface area contributed by atoms with Crippen LogP contribution in [-0.2, 0) is 0 Å². The van der Waals surface area contributed by atoms with Crippen LogP contribution in [-0.4, -0.2) is 46.2 Å². The van der Waals surface area contributed by atoms with Crippen LogP contribution in [0.25, 0.3) is 0 Å². The van der Waals surface area contributed by atoms with Crippen LogP contribution in [0.1, 0.15) is 20.8 Å². The van der Waals surface area contributed by atoms with Crippen LogP contribution < -0.4 is 0 Å². The summed E-state index contributed by atoms with van der Waals surface area (Å²) in [4.78, 5) is 2.36. The molecule has 3 heteroatoms. The zero-order valence-corrected chi connectivity index (χ0v) is 8.97. The predicted molar refractivity (Wildman–Crippen MR) is 54.6 cm³/mol. The lowest BCUT2D eigenvalue weighted by molar-refractivity contribution is 0.125. The summed E-state index contributed by atoms with van der Waals surface area (Å²) in [6.07, 6.45) is -0.188. The van der Waals surface area contributed by atoms with Crippen LogP contribution in [0.4, 0.5) is 0 Å². The molecular weight excluding hydrogens is 170 g/mol. The van der Waals surface area contributed by atoms with E-state index in [2.05, 4.69) is 18.7 Å². The van der Waals surface area contributed by atoms with Gasteiger partial charge >= 0.3 is 0 Å². The molecule has 0 amide bonds. The van der Waals surface area contributed by atoms with Crippen molar-refractivity contribution < 1.29 is 5.11 Å². The van der Waals surface area contributed by atoms with E-state index in [0.29, 0.717) is 10.5 Å². The third-order valence-electron chi connectivity index (χ3n) is 2.02. The maximum absolute atomic E-state index is 9.23. The van der Waals surface area contributed by atoms with E-state index in [1.807, 2.05) is 18.7 Å². The number of rotatable bonds is 2. The maximum Gasteiger partial charge on any atom is 0.0639 e. The fourth-order valence-corrected chi connectivity index (χ4v) is 3.19. The Balaban J connectivity index is 2.34. The summed E-state index contributed by atoms with van der Waals surface area (Å²) < 4.78 is 0. The highest BCUT2D eigenvalue weighted by Crippen LogP contribution is 2.24. The van der Waals surface area contributed by atoms with Gasteiger partial charge in [-0.2, -0.15) is 11.8 Å². The van der Waals surface area contributed by atoms with E-state index >= 15 is 0 Å². The second kappa shape index (κ2) is 4.49. The van der Waals surface area contributed by atoms with Gasteiger partial charge in [-0.3, -0.25) is 4.90 Å². The van der Waals surface area contributed by atoms with Crippen molar-refractivity contribution in [1.29, 1.82) is 0 Å². The molecule has 0 bridgehead atoms. The SMILES string of the molecule is CC1CN(C[C@@H](C)O)CC(C)S1. The third-order valence-corrected chi connectivity index (χ3v) is 3.25. The Bertz CT molecular complexity index is 128. The number of β-amino-alcohol motifs (C(OH)–C–C–N with tert-alkyl or cyclic N) is 1. The number of thioether (sulfide) groups is 1. The summed E-state index contributed by atoms with van der Waals surface area (Å²) in [5.74, 6) is 0. The molecule has 0 spiro atoms. The van der Waals surface area contributed by atoms with Gasteiger partial charge in [0.15, 0.2) is 0 Å². The number of nitrogens with zero attached hydrogens (tertiary/aromatic N) is 1. The molecular formula is C9H19NOS. The Morgan fingerprint density at radius 1 is 1.42 bits per heavy atom. The van der Waals surface area contributed by atoms with E-state index in [0.717, 1.165) is 19.6 Å². The number of hydrogen-bond acceptors (Lipinski definition) is 3. The first kappa shape index (κ1) is 10.4. The Morgan fingerprint density at radius 3 is 2.33 bits per heavy atom. The molecule has 1 N–H and O–H groups in total. The van der Waals surface area contributed by atoms with Crippen molar-refractivity contribution in [2.75, 3.05) is 19.6 Å². The van der Waals surface area contributed by atoms with Gasteiger partial charge in [0.05, 0.1) is 6.10 Å². The molecule has 12 heavy (non-hydrogen) atoms. The molecule has 0 aromatic heterocycles. The maximum atomic E-state index is 9.23. The first-order valence-corrected chi connectivity index (χ1v) is 5.58. The van der Waals surface area contributed by atoms with E-state index in [9.17, 15) is 5.11 Å². The van der Waals surface area contributed by atoms with Crippen molar-refractivity contribution in [3.05, 3.63) is 0 Å². The topological polar surface area (TPSA) is 23.5 Å². The summed E-state index contributed by atoms with van der Waals surface area (Å²) in [5.41, 5.74) is 0. The summed E-state index contributed by atoms with van der Waals surface area (Å²) in [6, 6.07) is 0. The summed E-state index contributed by atoms with van der Waals surface area (Å²) in [7, 11) is 0. The first-order valence-electron chi connectivity index (χ1n) is 4.64. The van der Waals surface area contributed by atoms with Gasteiger partial charge in [0.25, 0.3) is 0 Å². The standard InChI is InChI=1S/C9H19NOS/c1-7(11)4-10-5-8(2)12-9(3)6-10/h7-9,11H,4-6H2,1-3H3/t7-,8?,9?/m1/s1. The molecule has 0 aliphatic carbocycles. The smallest absolute Gasteiger partial charge is 0.0639 e. The molecule has 3 atom stereocenters. The third kappa shape index (κ3) is 3.33. The number of aliphatic hydroxyl groups is 1. The molecule has 1 aliphatic heterocycles. The molecule has 0 saturated carbocycles. The van der Waals surface area contributed by atoms with Crippen LogP contribution in [0.15, 0.2) is 0 Å². The van der Waals surface area contributed by atoms with Crippen molar-refractivity contribution in [2.24, 2.45) is 0 Å². The largest absolute Gasteiger partial charge is 0.392 e. The fourth-order valence-electron chi connectivity index (χ4n) is 1.81. The van der Waals surface area contributed by atoms with Crippen LogP contribution >= 0.6 is 11.8 Å². The molecule has 1 heterocycles. The summed E-state index contributed by atoms with van der Waals surface area (Å²) >= 11 is 2.05. The Morgan fingerprint density at radius 2 is 1.92 bits per heavy atom. The van der Waals surface area contributed by atoms with Gasteiger partial charge in [0, 0.05) is 30.1 Å². The van der Waals surface area contributed by atoms with E-state index < -0.39 is 0 Å². The first-order chi connectivity index (χ1) is 5.58. The summed E-state index contributed by atoms with van der Waals surface area (Å²) in [5, 5.41) is 10.7. The van der Waals surface area contributed by atoms with Crippen molar-refractivity contribution in [2.45, 2.75) is 37.4 Å². The molecule has 0 aromatic carbocycles. The molecule has 72 valence electrons. The average molecular weight is 189 g/mol. The monoisotopic (exact) mass is 189 g/mol. The van der Waals surface area contributed by atoms with Gasteiger partial charge in [-0.05, 0) is 6.92 Å². The minimum absolute atomic E-state index is 0.188. The minimum Gasteiger partial charge on any atom is -0.392 e. The van der Waals surface area contributed by atoms with Gasteiger partial charge in [0.1, 0.15) is 0 Å². The lowest BCUT2D eigenvalue weighted by atomic mass is 10.3. The Kier molecular flexibility index (Phi) is 3.87. The molecule has 2 nitrogen and oxygen atoms in total. The minimum atomic E-state index is -0.188. The van der Waals surface area contributed by atoms with Gasteiger partial charge in [-0.25, -0.2) is 0 Å². The molecule has 1 rings (SSSR count). The van der Waals surface area contributed by atoms with Crippen LogP contribution in [0.5, 0.6) is 0 Å². The van der Waals surface area contributed by atoms with Gasteiger partial charge < -0.3 is 5.11 Å². The second-order valence-electron chi connectivity index (χ2n) is 3.82. The van der Waals surface area contributed by atoms with E-state index in [1.54, 1.807) is 0 Å². The molecule has 0 radical (unpaired) electrons.